The van der Waals surface area contributed by atoms with Crippen molar-refractivity contribution < 1.29 is 28.4 Å². The molecule has 0 saturated carbocycles. The molecule has 2 heterocycles. The number of methoxy groups -OCH3 is 1. The second-order valence-corrected chi connectivity index (χ2v) is 8.70. The van der Waals surface area contributed by atoms with Crippen LogP contribution in [0.3, 0.4) is 0 Å². The van der Waals surface area contributed by atoms with E-state index in [4.69, 9.17) is 13.8 Å². The Kier molecular flexibility index (Phi) is 5.69. The van der Waals surface area contributed by atoms with Gasteiger partial charge in [0.05, 0.1) is 40.1 Å². The first-order valence-corrected chi connectivity index (χ1v) is 10.5. The Morgan fingerprint density at radius 1 is 1.21 bits per heavy atom. The van der Waals surface area contributed by atoms with Gasteiger partial charge in [-0.2, -0.15) is 13.9 Å². The topological polar surface area (TPSA) is 121 Å². The predicted octanol–water partition coefficient (Wildman–Crippen LogP) is 3.26. The van der Waals surface area contributed by atoms with Gasteiger partial charge in [-0.3, -0.25) is 15.1 Å². The highest BCUT2D eigenvalue weighted by molar-refractivity contribution is 7.69. The summed E-state index contributed by atoms with van der Waals surface area (Å²) in [4.78, 5) is 39.5. The van der Waals surface area contributed by atoms with Crippen molar-refractivity contribution in [3.05, 3.63) is 51.3 Å². The van der Waals surface area contributed by atoms with Crippen molar-refractivity contribution in [2.45, 2.75) is 39.9 Å². The second kappa shape index (κ2) is 7.76. The number of carbonyl (C=O) groups is 1. The zero-order valence-corrected chi connectivity index (χ0v) is 17.6. The fourth-order valence-electron chi connectivity index (χ4n) is 3.40. The first-order chi connectivity index (χ1) is 13.6. The summed E-state index contributed by atoms with van der Waals surface area (Å²) in [5, 5.41) is 11.8. The molecule has 0 spiro atoms. The molecular formula is C19H22N2O7P+. The van der Waals surface area contributed by atoms with E-state index in [1.807, 2.05) is 0 Å². The van der Waals surface area contributed by atoms with E-state index < -0.39 is 31.0 Å². The summed E-state index contributed by atoms with van der Waals surface area (Å²) in [5.74, 6) is -0.726. The third-order valence-electron chi connectivity index (χ3n) is 4.85. The van der Waals surface area contributed by atoms with Crippen LogP contribution in [0.15, 0.2) is 24.3 Å². The van der Waals surface area contributed by atoms with Gasteiger partial charge in [0.1, 0.15) is 12.2 Å². The molecule has 29 heavy (non-hydrogen) atoms. The van der Waals surface area contributed by atoms with Crippen molar-refractivity contribution in [3.8, 4) is 11.1 Å². The number of aryl methyl sites for hydroxylation is 2. The predicted molar refractivity (Wildman–Crippen MR) is 107 cm³/mol. The molecule has 0 amide bonds. The fraction of sp³-hybridized carbons (Fsp3) is 0.368. The van der Waals surface area contributed by atoms with Gasteiger partial charge in [0, 0.05) is 6.07 Å². The third kappa shape index (κ3) is 3.62. The molecule has 1 aliphatic rings. The monoisotopic (exact) mass is 421 g/mol. The van der Waals surface area contributed by atoms with Crippen LogP contribution in [0.25, 0.3) is 11.1 Å². The lowest BCUT2D eigenvalue weighted by Crippen LogP contribution is -2.25. The number of nitrogens with zero attached hydrogens (tertiary/aromatic N) is 2. The minimum Gasteiger partial charge on any atom is -0.465 e. The van der Waals surface area contributed by atoms with Crippen molar-refractivity contribution in [1.82, 2.24) is 4.98 Å². The quantitative estimate of drug-likeness (QED) is 0.346. The number of hydrogen-bond acceptors (Lipinski definition) is 8. The maximum atomic E-state index is 12.6. The molecule has 2 aromatic rings. The number of ether oxygens (including phenoxy) is 1. The normalized spacial score (nSPS) is 23.8. The second-order valence-electron chi connectivity index (χ2n) is 6.79. The van der Waals surface area contributed by atoms with Crippen LogP contribution in [0.1, 0.15) is 35.6 Å². The smallest absolute Gasteiger partial charge is 0.449 e. The number of nitro groups is 1. The van der Waals surface area contributed by atoms with E-state index in [2.05, 4.69) is 4.98 Å². The minimum atomic E-state index is -3.67. The van der Waals surface area contributed by atoms with Crippen LogP contribution in [0, 0.1) is 24.0 Å². The molecule has 0 aliphatic carbocycles. The van der Waals surface area contributed by atoms with Gasteiger partial charge in [-0.15, -0.1) is 0 Å². The van der Waals surface area contributed by atoms with Crippen LogP contribution < -0.4 is 5.30 Å². The van der Waals surface area contributed by atoms with Gasteiger partial charge in [0.15, 0.2) is 0 Å². The Labute approximate surface area is 168 Å². The maximum absolute atomic E-state index is 12.6. The Morgan fingerprint density at radius 3 is 2.34 bits per heavy atom. The van der Waals surface area contributed by atoms with Crippen molar-refractivity contribution >= 4 is 24.9 Å². The highest BCUT2D eigenvalue weighted by Crippen LogP contribution is 2.64. The molecule has 1 aromatic heterocycles. The first kappa shape index (κ1) is 21.3. The summed E-state index contributed by atoms with van der Waals surface area (Å²) >= 11 is 0. The van der Waals surface area contributed by atoms with E-state index in [1.54, 1.807) is 33.8 Å². The number of nitro benzene ring substituents is 1. The Morgan fingerprint density at radius 2 is 1.79 bits per heavy atom. The molecule has 1 N–H and O–H groups in total. The summed E-state index contributed by atoms with van der Waals surface area (Å²) in [6, 6.07) is 5.98. The number of aromatic nitrogens is 1. The largest absolute Gasteiger partial charge is 0.465 e. The molecule has 0 radical (unpaired) electrons. The molecule has 1 saturated heterocycles. The average molecular weight is 421 g/mol. The summed E-state index contributed by atoms with van der Waals surface area (Å²) < 4.78 is 16.5. The SMILES string of the molecule is COC(=O)c1c(C)nc(C)c([P+]2(O)OC(C)C(C)O2)c1-c1ccccc1[N+](=O)[O-]. The van der Waals surface area contributed by atoms with E-state index in [0.717, 1.165) is 0 Å². The molecular weight excluding hydrogens is 399 g/mol. The summed E-state index contributed by atoms with van der Waals surface area (Å²) in [7, 11) is -2.46. The van der Waals surface area contributed by atoms with Gasteiger partial charge in [-0.05, 0) is 33.8 Å². The summed E-state index contributed by atoms with van der Waals surface area (Å²) in [6.07, 6.45) is -0.816. The van der Waals surface area contributed by atoms with Crippen molar-refractivity contribution in [2.75, 3.05) is 7.11 Å². The number of esters is 1. The number of carbonyl (C=O) groups excluding carboxylic acids is 1. The van der Waals surface area contributed by atoms with Crippen LogP contribution in [0.5, 0.6) is 0 Å². The van der Waals surface area contributed by atoms with E-state index in [-0.39, 0.29) is 27.7 Å². The van der Waals surface area contributed by atoms with E-state index in [9.17, 15) is 19.8 Å². The van der Waals surface area contributed by atoms with Crippen LogP contribution in [-0.2, 0) is 13.8 Å². The lowest BCUT2D eigenvalue weighted by molar-refractivity contribution is -0.384. The van der Waals surface area contributed by atoms with Gasteiger partial charge in [0.25, 0.3) is 5.69 Å². The molecule has 10 heteroatoms. The lowest BCUT2D eigenvalue weighted by Gasteiger charge is -2.19. The minimum absolute atomic E-state index is 0.0234. The first-order valence-electron chi connectivity index (χ1n) is 8.93. The van der Waals surface area contributed by atoms with Gasteiger partial charge < -0.3 is 4.74 Å². The molecule has 2 atom stereocenters. The van der Waals surface area contributed by atoms with E-state index >= 15 is 0 Å². The van der Waals surface area contributed by atoms with Crippen LogP contribution >= 0.6 is 7.94 Å². The molecule has 1 aromatic carbocycles. The molecule has 154 valence electrons. The summed E-state index contributed by atoms with van der Waals surface area (Å²) in [5.41, 5.74) is 0.769. The van der Waals surface area contributed by atoms with Crippen LogP contribution in [0.4, 0.5) is 5.69 Å². The highest BCUT2D eigenvalue weighted by Gasteiger charge is 2.59. The molecule has 9 nitrogen and oxygen atoms in total. The Hall–Kier alpha value is -2.45. The van der Waals surface area contributed by atoms with Crippen molar-refractivity contribution in [2.24, 2.45) is 0 Å². The average Bonchev–Trinajstić information content (AvgIpc) is 2.92. The number of pyridine rings is 1. The standard InChI is InChI=1S/C19H22N2O7P/c1-10-16(19(22)26-5)17(14-8-6-7-9-15(14)21(23)24)18(11(2)20-10)29(25)27-12(3)13(4)28-29/h6-9,12-13,25H,1-5H3/q+1. The Balaban J connectivity index is 2.45. The highest BCUT2D eigenvalue weighted by atomic mass is 31.2. The number of benzene rings is 1. The van der Waals surface area contributed by atoms with E-state index in [1.165, 1.54) is 25.3 Å². The fourth-order valence-corrected chi connectivity index (χ4v) is 5.88. The number of para-hydroxylation sites is 1. The number of rotatable bonds is 4. The summed E-state index contributed by atoms with van der Waals surface area (Å²) in [6.45, 7) is 6.75. The van der Waals surface area contributed by atoms with Gasteiger partial charge >= 0.3 is 13.9 Å². The van der Waals surface area contributed by atoms with Crippen molar-refractivity contribution in [1.29, 1.82) is 0 Å². The molecule has 1 fully saturated rings. The van der Waals surface area contributed by atoms with Crippen LogP contribution in [0.2, 0.25) is 0 Å². The molecule has 3 rings (SSSR count). The van der Waals surface area contributed by atoms with Gasteiger partial charge in [-0.25, -0.2) is 4.79 Å². The van der Waals surface area contributed by atoms with E-state index in [0.29, 0.717) is 11.4 Å². The molecule has 1 aliphatic heterocycles. The molecule has 0 bridgehead atoms. The van der Waals surface area contributed by atoms with Gasteiger partial charge in [-0.1, -0.05) is 12.1 Å². The molecule has 2 unspecified atom stereocenters. The van der Waals surface area contributed by atoms with Crippen molar-refractivity contribution in [3.63, 3.8) is 0 Å². The lowest BCUT2D eigenvalue weighted by atomic mass is 9.96. The zero-order valence-electron chi connectivity index (χ0n) is 16.7. The van der Waals surface area contributed by atoms with Gasteiger partial charge in [0.2, 0.25) is 5.30 Å². The van der Waals surface area contributed by atoms with Crippen LogP contribution in [-0.4, -0.2) is 40.1 Å². The third-order valence-corrected chi connectivity index (χ3v) is 7.20. The zero-order chi connectivity index (χ0) is 21.5. The maximum Gasteiger partial charge on any atom is 0.449 e. The number of hydrogen-bond donors (Lipinski definition) is 1. The Bertz CT molecular complexity index is 985.